The van der Waals surface area contributed by atoms with Gasteiger partial charge in [-0.25, -0.2) is 4.98 Å². The minimum absolute atomic E-state index is 0.0236. The summed E-state index contributed by atoms with van der Waals surface area (Å²) < 4.78 is 0. The Labute approximate surface area is 451 Å². The van der Waals surface area contributed by atoms with Gasteiger partial charge in [-0.05, 0) is 76.0 Å². The predicted octanol–water partition coefficient (Wildman–Crippen LogP) is -2.61. The number of primary amides is 1. The molecule has 1 aliphatic heterocycles. The molecule has 3 heterocycles. The number of hydrogen-bond acceptors (Lipinski definition) is 12. The molecule has 0 radical (unpaired) electrons. The molecule has 78 heavy (non-hydrogen) atoms. The van der Waals surface area contributed by atoms with E-state index in [1.807, 2.05) is 12.3 Å². The second kappa shape index (κ2) is 31.8. The van der Waals surface area contributed by atoms with Crippen LogP contribution in [0.3, 0.4) is 0 Å². The number of nitrogens with one attached hydrogen (secondary N) is 10. The molecular weight excluding hydrogens is 1010 g/mol. The van der Waals surface area contributed by atoms with Crippen LogP contribution >= 0.6 is 0 Å². The number of carbonyl (C=O) groups excluding carboxylic acids is 9. The summed E-state index contributed by atoms with van der Waals surface area (Å²) in [5, 5.41) is 22.3. The van der Waals surface area contributed by atoms with Crippen molar-refractivity contribution in [2.24, 2.45) is 38.7 Å². The fourth-order valence-electron chi connectivity index (χ4n) is 8.11. The molecule has 1 saturated heterocycles. The SMILES string of the molecule is CC(=O)N[C@@H](CCCN=C(N)N)C(=O)NC1CCCNC(=O)CCC(C(N)=O)NC(=O)[C@H](C)NC(=O)[C@H](CCCN=C(N)N)NC(=O)C(Cc2ccccc2)NC(=O)[C@H](Cc2cnc[nH]2)NC1=O.Cc1c[nH]c2ccccc12. The van der Waals surface area contributed by atoms with Crippen molar-refractivity contribution in [3.05, 3.63) is 90.1 Å². The van der Waals surface area contributed by atoms with E-state index in [0.29, 0.717) is 11.3 Å². The van der Waals surface area contributed by atoms with Gasteiger partial charge in [-0.3, -0.25) is 53.1 Å². The standard InChI is InChI=1S/C42H65N17O9.C9H9N/c1-23-35(63)55-27(34(43)62)14-15-33(61)49-16-6-12-30(56-37(65)28(54-24(2)60)11-7-17-50-41(44)45)38(66)59-32(20-26-21-48-22-52-26)40(68)58-31(19-25-9-4-3-5-10-25)39(67)57-29(36(64)53-23)13-8-18-51-42(46)47;1-7-6-10-9-5-3-2-4-8(7)9/h3-5,9-10,21-23,27-32H,6-8,11-20H2,1-2H3,(H2,43,62)(H,48,52)(H,49,61)(H,53,64)(H,54,60)(H,55,63)(H,56,65)(H,57,67)(H,58,68)(H,59,66)(H4,44,45,50)(H4,46,47,51);2-6,10H,1H3/t23-,27?,28-,29-,30?,31?,32-;/m0./s1. The Morgan fingerprint density at radius 1 is 0.731 bits per heavy atom. The third kappa shape index (κ3) is 21.7. The van der Waals surface area contributed by atoms with Crippen LogP contribution in [0.1, 0.15) is 82.0 Å². The Morgan fingerprint density at radius 2 is 1.36 bits per heavy atom. The number of benzene rings is 2. The molecule has 20 N–H and O–H groups in total. The molecular formula is C51H74N18O9. The summed E-state index contributed by atoms with van der Waals surface area (Å²) in [4.78, 5) is 139. The number of amides is 9. The van der Waals surface area contributed by atoms with E-state index in [1.165, 1.54) is 42.8 Å². The predicted molar refractivity (Wildman–Crippen MR) is 291 cm³/mol. The summed E-state index contributed by atoms with van der Waals surface area (Å²) >= 11 is 0. The number of fused-ring (bicyclic) bond motifs is 1. The fraction of sp³-hybridized carbons (Fsp3) is 0.451. The molecule has 27 nitrogen and oxygen atoms in total. The monoisotopic (exact) mass is 1080 g/mol. The smallest absolute Gasteiger partial charge is 0.243 e. The summed E-state index contributed by atoms with van der Waals surface area (Å²) in [7, 11) is 0. The van der Waals surface area contributed by atoms with Gasteiger partial charge in [0.05, 0.1) is 6.33 Å². The highest BCUT2D eigenvalue weighted by Gasteiger charge is 2.34. The zero-order chi connectivity index (χ0) is 57.1. The number of carbonyl (C=O) groups is 9. The van der Waals surface area contributed by atoms with Gasteiger partial charge >= 0.3 is 0 Å². The average molecular weight is 1080 g/mol. The number of aliphatic imine (C=N–C) groups is 2. The lowest BCUT2D eigenvalue weighted by atomic mass is 10.0. The molecule has 0 spiro atoms. The second-order valence-corrected chi connectivity index (χ2v) is 18.6. The van der Waals surface area contributed by atoms with Crippen LogP contribution in [0.5, 0.6) is 0 Å². The molecule has 0 bridgehead atoms. The Hall–Kier alpha value is -9.04. The minimum Gasteiger partial charge on any atom is -0.370 e. The molecule has 422 valence electrons. The Kier molecular flexibility index (Phi) is 25.0. The van der Waals surface area contributed by atoms with Gasteiger partial charge in [0.1, 0.15) is 42.3 Å². The van der Waals surface area contributed by atoms with E-state index in [2.05, 4.69) is 92.6 Å². The summed E-state index contributed by atoms with van der Waals surface area (Å²) in [6, 6.07) is 7.79. The van der Waals surface area contributed by atoms with E-state index in [-0.39, 0.29) is 95.8 Å². The number of para-hydroxylation sites is 1. The van der Waals surface area contributed by atoms with Crippen LogP contribution in [0.4, 0.5) is 0 Å². The van der Waals surface area contributed by atoms with E-state index in [4.69, 9.17) is 28.7 Å². The van der Waals surface area contributed by atoms with Crippen LogP contribution in [0, 0.1) is 6.92 Å². The van der Waals surface area contributed by atoms with Crippen molar-refractivity contribution in [1.82, 2.24) is 57.5 Å². The number of aromatic nitrogens is 3. The van der Waals surface area contributed by atoms with Gasteiger partial charge in [0.25, 0.3) is 0 Å². The maximum absolute atomic E-state index is 14.4. The van der Waals surface area contributed by atoms with Crippen molar-refractivity contribution >= 4 is 76.0 Å². The summed E-state index contributed by atoms with van der Waals surface area (Å²) in [6.45, 7) is 4.85. The first-order chi connectivity index (χ1) is 37.2. The highest BCUT2D eigenvalue weighted by molar-refractivity contribution is 5.98. The Balaban J connectivity index is 0.00000116. The average Bonchev–Trinajstić information content (AvgIpc) is 4.06. The lowest BCUT2D eigenvalue weighted by Gasteiger charge is -2.27. The van der Waals surface area contributed by atoms with Crippen molar-refractivity contribution in [3.63, 3.8) is 0 Å². The van der Waals surface area contributed by atoms with E-state index >= 15 is 0 Å². The van der Waals surface area contributed by atoms with Crippen LogP contribution in [0.15, 0.2) is 83.3 Å². The van der Waals surface area contributed by atoms with Crippen molar-refractivity contribution in [2.45, 2.75) is 127 Å². The number of guanidine groups is 2. The number of aryl methyl sites for hydroxylation is 1. The molecule has 27 heteroatoms. The van der Waals surface area contributed by atoms with Crippen molar-refractivity contribution in [3.8, 4) is 0 Å². The summed E-state index contributed by atoms with van der Waals surface area (Å²) in [5.74, 6) is -7.24. The molecule has 4 aromatic rings. The van der Waals surface area contributed by atoms with Crippen LogP contribution in [-0.4, -0.2) is 142 Å². The van der Waals surface area contributed by atoms with Crippen molar-refractivity contribution in [1.29, 1.82) is 0 Å². The van der Waals surface area contributed by atoms with Gasteiger partial charge in [-0.2, -0.15) is 0 Å². The first kappa shape index (κ1) is 61.5. The molecule has 1 aliphatic rings. The number of H-pyrrole nitrogens is 2. The van der Waals surface area contributed by atoms with Crippen LogP contribution in [-0.2, 0) is 56.0 Å². The molecule has 0 saturated carbocycles. The number of imidazole rings is 1. The van der Waals surface area contributed by atoms with Crippen molar-refractivity contribution < 1.29 is 43.2 Å². The number of nitrogens with two attached hydrogens (primary N) is 5. The third-order valence-electron chi connectivity index (χ3n) is 12.2. The molecule has 2 aromatic carbocycles. The van der Waals surface area contributed by atoms with Crippen LogP contribution in [0.2, 0.25) is 0 Å². The molecule has 2 aromatic heterocycles. The number of nitrogens with zero attached hydrogens (tertiary/aromatic N) is 3. The van der Waals surface area contributed by atoms with Crippen LogP contribution in [0.25, 0.3) is 10.9 Å². The normalized spacial score (nSPS) is 20.5. The third-order valence-corrected chi connectivity index (χ3v) is 12.2. The topological polar surface area (TPSA) is 449 Å². The number of rotatable bonds is 16. The van der Waals surface area contributed by atoms with Gasteiger partial charge in [0.15, 0.2) is 11.9 Å². The maximum atomic E-state index is 14.4. The summed E-state index contributed by atoms with van der Waals surface area (Å²) in [6.07, 6.45) is 4.56. The van der Waals surface area contributed by atoms with E-state index in [1.54, 1.807) is 30.3 Å². The maximum Gasteiger partial charge on any atom is 0.243 e. The largest absolute Gasteiger partial charge is 0.370 e. The molecule has 5 rings (SSSR count). The Morgan fingerprint density at radius 3 is 2.00 bits per heavy atom. The molecule has 1 fully saturated rings. The molecule has 9 amide bonds. The lowest BCUT2D eigenvalue weighted by Crippen LogP contribution is -2.60. The first-order valence-electron chi connectivity index (χ1n) is 25.5. The minimum atomic E-state index is -1.41. The first-order valence-corrected chi connectivity index (χ1v) is 25.5. The van der Waals surface area contributed by atoms with E-state index in [0.717, 1.165) is 0 Å². The quantitative estimate of drug-likeness (QED) is 0.0311. The zero-order valence-electron chi connectivity index (χ0n) is 44.1. The highest BCUT2D eigenvalue weighted by atomic mass is 16.2. The molecule has 0 aliphatic carbocycles. The lowest BCUT2D eigenvalue weighted by molar-refractivity contribution is -0.135. The van der Waals surface area contributed by atoms with E-state index in [9.17, 15) is 43.2 Å². The van der Waals surface area contributed by atoms with Gasteiger partial charge in [0.2, 0.25) is 53.2 Å². The van der Waals surface area contributed by atoms with Gasteiger partial charge in [-0.15, -0.1) is 0 Å². The number of hydrogen-bond donors (Lipinski definition) is 15. The highest BCUT2D eigenvalue weighted by Crippen LogP contribution is 2.16. The fourth-order valence-corrected chi connectivity index (χ4v) is 8.11. The number of aromatic amines is 2. The van der Waals surface area contributed by atoms with Gasteiger partial charge < -0.3 is 81.2 Å². The second-order valence-electron chi connectivity index (χ2n) is 18.6. The summed E-state index contributed by atoms with van der Waals surface area (Å²) in [5.41, 5.74) is 30.9. The van der Waals surface area contributed by atoms with Gasteiger partial charge in [0, 0.05) is 74.8 Å². The molecule has 3 unspecified atom stereocenters. The Bertz CT molecular complexity index is 2700. The van der Waals surface area contributed by atoms with E-state index < -0.39 is 95.5 Å². The van der Waals surface area contributed by atoms with Crippen molar-refractivity contribution in [2.75, 3.05) is 19.6 Å². The van der Waals surface area contributed by atoms with Crippen LogP contribution < -0.4 is 71.2 Å². The zero-order valence-corrected chi connectivity index (χ0v) is 44.1. The van der Waals surface area contributed by atoms with Gasteiger partial charge in [-0.1, -0.05) is 48.5 Å². The molecule has 7 atom stereocenters.